The lowest BCUT2D eigenvalue weighted by molar-refractivity contribution is 0.219. The van der Waals surface area contributed by atoms with Gasteiger partial charge in [-0.05, 0) is 58.3 Å². The molecule has 17 heavy (non-hydrogen) atoms. The van der Waals surface area contributed by atoms with Crippen LogP contribution in [-0.2, 0) is 0 Å². The van der Waals surface area contributed by atoms with Crippen LogP contribution in [0.3, 0.4) is 0 Å². The number of hydrogen-bond donors (Lipinski definition) is 1. The molecule has 3 heteroatoms. The third kappa shape index (κ3) is 2.81. The average Bonchev–Trinajstić information content (AvgIpc) is 2.33. The number of aliphatic hydroxyl groups is 1. The normalized spacial score (nSPS) is 12.5. The summed E-state index contributed by atoms with van der Waals surface area (Å²) in [7, 11) is 0. The van der Waals surface area contributed by atoms with Crippen LogP contribution in [0.4, 0.5) is 0 Å². The third-order valence-electron chi connectivity index (χ3n) is 2.70. The molecule has 0 saturated heterocycles. The van der Waals surface area contributed by atoms with Crippen molar-refractivity contribution in [3.63, 3.8) is 0 Å². The van der Waals surface area contributed by atoms with E-state index >= 15 is 0 Å². The fourth-order valence-electron chi connectivity index (χ4n) is 1.71. The highest BCUT2D eigenvalue weighted by atomic mass is 127. The molecule has 0 radical (unpaired) electrons. The Hall–Kier alpha value is -0.580. The van der Waals surface area contributed by atoms with Crippen molar-refractivity contribution in [3.8, 4) is 0 Å². The van der Waals surface area contributed by atoms with E-state index in [0.717, 1.165) is 14.7 Å². The van der Waals surface area contributed by atoms with Crippen molar-refractivity contribution in [3.05, 3.63) is 67.7 Å². The molecular formula is C14H12ClIO. The summed E-state index contributed by atoms with van der Waals surface area (Å²) < 4.78 is 1.10. The largest absolute Gasteiger partial charge is 0.384 e. The van der Waals surface area contributed by atoms with E-state index in [4.69, 9.17) is 11.6 Å². The molecule has 0 aromatic heterocycles. The van der Waals surface area contributed by atoms with Crippen molar-refractivity contribution in [2.24, 2.45) is 0 Å². The van der Waals surface area contributed by atoms with Crippen molar-refractivity contribution in [2.45, 2.75) is 13.0 Å². The van der Waals surface area contributed by atoms with E-state index in [2.05, 4.69) is 22.6 Å². The molecule has 2 aromatic rings. The van der Waals surface area contributed by atoms with Crippen molar-refractivity contribution in [1.29, 1.82) is 0 Å². The Morgan fingerprint density at radius 2 is 1.76 bits per heavy atom. The van der Waals surface area contributed by atoms with Crippen LogP contribution in [0.5, 0.6) is 0 Å². The molecule has 1 nitrogen and oxygen atoms in total. The SMILES string of the molecule is Cc1cccc(C(O)c2ccc(Cl)cc2)c1I. The lowest BCUT2D eigenvalue weighted by Crippen LogP contribution is -2.02. The molecule has 1 atom stereocenters. The Morgan fingerprint density at radius 1 is 1.12 bits per heavy atom. The first-order valence-electron chi connectivity index (χ1n) is 5.28. The molecule has 0 fully saturated rings. The molecule has 1 unspecified atom stereocenters. The fraction of sp³-hybridized carbons (Fsp3) is 0.143. The van der Waals surface area contributed by atoms with Gasteiger partial charge in [0.2, 0.25) is 0 Å². The molecule has 0 spiro atoms. The Kier molecular flexibility index (Phi) is 4.07. The van der Waals surface area contributed by atoms with Crippen molar-refractivity contribution in [1.82, 2.24) is 0 Å². The minimum atomic E-state index is -0.598. The van der Waals surface area contributed by atoms with Gasteiger partial charge in [-0.25, -0.2) is 0 Å². The Morgan fingerprint density at radius 3 is 2.41 bits per heavy atom. The molecule has 0 aliphatic rings. The van der Waals surface area contributed by atoms with Crippen molar-refractivity contribution in [2.75, 3.05) is 0 Å². The zero-order chi connectivity index (χ0) is 12.4. The minimum Gasteiger partial charge on any atom is -0.384 e. The van der Waals surface area contributed by atoms with Gasteiger partial charge in [-0.1, -0.05) is 41.9 Å². The average molecular weight is 359 g/mol. The lowest BCUT2D eigenvalue weighted by atomic mass is 10.0. The number of halogens is 2. The molecule has 0 amide bonds. The van der Waals surface area contributed by atoms with Crippen LogP contribution in [0.2, 0.25) is 5.02 Å². The number of aliphatic hydroxyl groups excluding tert-OH is 1. The van der Waals surface area contributed by atoms with E-state index in [1.807, 2.05) is 37.3 Å². The first-order chi connectivity index (χ1) is 8.09. The molecule has 2 rings (SSSR count). The number of aryl methyl sites for hydroxylation is 1. The lowest BCUT2D eigenvalue weighted by Gasteiger charge is -2.14. The van der Waals surface area contributed by atoms with Crippen LogP contribution >= 0.6 is 34.2 Å². The summed E-state index contributed by atoms with van der Waals surface area (Å²) in [5.74, 6) is 0. The second-order valence-corrected chi connectivity index (χ2v) is 5.45. The Bertz CT molecular complexity index is 522. The Balaban J connectivity index is 2.40. The summed E-state index contributed by atoms with van der Waals surface area (Å²) in [4.78, 5) is 0. The van der Waals surface area contributed by atoms with Gasteiger partial charge in [0, 0.05) is 8.59 Å². The van der Waals surface area contributed by atoms with Crippen LogP contribution in [0, 0.1) is 10.5 Å². The maximum atomic E-state index is 10.3. The highest BCUT2D eigenvalue weighted by Crippen LogP contribution is 2.28. The van der Waals surface area contributed by atoms with E-state index in [1.165, 1.54) is 5.56 Å². The standard InChI is InChI=1S/C14H12ClIO/c1-9-3-2-4-12(13(9)16)14(17)10-5-7-11(15)8-6-10/h2-8,14,17H,1H3. The van der Waals surface area contributed by atoms with Gasteiger partial charge < -0.3 is 5.11 Å². The fourth-order valence-corrected chi connectivity index (χ4v) is 2.49. The van der Waals surface area contributed by atoms with Gasteiger partial charge in [-0.3, -0.25) is 0 Å². The summed E-state index contributed by atoms with van der Waals surface area (Å²) in [6.07, 6.45) is -0.598. The van der Waals surface area contributed by atoms with E-state index < -0.39 is 6.10 Å². The summed E-state index contributed by atoms with van der Waals surface area (Å²) >= 11 is 8.10. The van der Waals surface area contributed by atoms with Crippen LogP contribution in [0.25, 0.3) is 0 Å². The number of rotatable bonds is 2. The van der Waals surface area contributed by atoms with Crippen LogP contribution in [0.15, 0.2) is 42.5 Å². The summed E-state index contributed by atoms with van der Waals surface area (Å²) in [5, 5.41) is 11.0. The maximum absolute atomic E-state index is 10.3. The molecule has 0 aliphatic carbocycles. The second-order valence-electron chi connectivity index (χ2n) is 3.93. The zero-order valence-corrected chi connectivity index (χ0v) is 12.2. The molecule has 0 bridgehead atoms. The zero-order valence-electron chi connectivity index (χ0n) is 9.32. The second kappa shape index (κ2) is 5.38. The monoisotopic (exact) mass is 358 g/mol. The van der Waals surface area contributed by atoms with Crippen molar-refractivity contribution < 1.29 is 5.11 Å². The quantitative estimate of drug-likeness (QED) is 0.792. The van der Waals surface area contributed by atoms with Gasteiger partial charge in [0.1, 0.15) is 6.10 Å². The molecular weight excluding hydrogens is 347 g/mol. The molecule has 0 saturated carbocycles. The smallest absolute Gasteiger partial charge is 0.105 e. The van der Waals surface area contributed by atoms with Gasteiger partial charge in [0.25, 0.3) is 0 Å². The highest BCUT2D eigenvalue weighted by molar-refractivity contribution is 14.1. The highest BCUT2D eigenvalue weighted by Gasteiger charge is 2.14. The van der Waals surface area contributed by atoms with Gasteiger partial charge in [0.05, 0.1) is 0 Å². The van der Waals surface area contributed by atoms with Gasteiger partial charge in [-0.2, -0.15) is 0 Å². The summed E-state index contributed by atoms with van der Waals surface area (Å²) in [6.45, 7) is 2.04. The van der Waals surface area contributed by atoms with Crippen LogP contribution in [-0.4, -0.2) is 5.11 Å². The molecule has 88 valence electrons. The van der Waals surface area contributed by atoms with Crippen LogP contribution in [0.1, 0.15) is 22.8 Å². The van der Waals surface area contributed by atoms with Crippen LogP contribution < -0.4 is 0 Å². The minimum absolute atomic E-state index is 0.598. The van der Waals surface area contributed by atoms with E-state index in [9.17, 15) is 5.11 Å². The summed E-state index contributed by atoms with van der Waals surface area (Å²) in [6, 6.07) is 13.3. The number of hydrogen-bond acceptors (Lipinski definition) is 1. The van der Waals surface area contributed by atoms with E-state index in [-0.39, 0.29) is 0 Å². The molecule has 2 aromatic carbocycles. The van der Waals surface area contributed by atoms with Crippen molar-refractivity contribution >= 4 is 34.2 Å². The first-order valence-corrected chi connectivity index (χ1v) is 6.74. The molecule has 0 aliphatic heterocycles. The first kappa shape index (κ1) is 12.9. The predicted molar refractivity (Wildman–Crippen MR) is 79.4 cm³/mol. The molecule has 0 heterocycles. The third-order valence-corrected chi connectivity index (χ3v) is 4.43. The Labute approximate surface area is 120 Å². The molecule has 1 N–H and O–H groups in total. The maximum Gasteiger partial charge on any atom is 0.105 e. The van der Waals surface area contributed by atoms with Gasteiger partial charge in [-0.15, -0.1) is 0 Å². The van der Waals surface area contributed by atoms with E-state index in [1.54, 1.807) is 12.1 Å². The predicted octanol–water partition coefficient (Wildman–Crippen LogP) is 4.33. The summed E-state index contributed by atoms with van der Waals surface area (Å²) in [5.41, 5.74) is 2.97. The van der Waals surface area contributed by atoms with Gasteiger partial charge in [0.15, 0.2) is 0 Å². The van der Waals surface area contributed by atoms with E-state index in [0.29, 0.717) is 5.02 Å². The topological polar surface area (TPSA) is 20.2 Å². The number of benzene rings is 2. The van der Waals surface area contributed by atoms with Gasteiger partial charge >= 0.3 is 0 Å².